The summed E-state index contributed by atoms with van der Waals surface area (Å²) in [6.45, 7) is 6.25. The van der Waals surface area contributed by atoms with Gasteiger partial charge in [0.15, 0.2) is 23.0 Å². The Labute approximate surface area is 287 Å². The minimum Gasteiger partial charge on any atom is -0.493 e. The van der Waals surface area contributed by atoms with Crippen LogP contribution in [0.25, 0.3) is 11.7 Å². The molecule has 0 spiro atoms. The smallest absolute Gasteiger partial charge is 0.267 e. The highest BCUT2D eigenvalue weighted by molar-refractivity contribution is 8.26. The summed E-state index contributed by atoms with van der Waals surface area (Å²) in [5.74, 6) is 3.16. The molecule has 0 saturated carbocycles. The van der Waals surface area contributed by atoms with E-state index in [1.54, 1.807) is 35.8 Å². The summed E-state index contributed by atoms with van der Waals surface area (Å²) in [6, 6.07) is 15.5. The van der Waals surface area contributed by atoms with Gasteiger partial charge in [0.2, 0.25) is 6.79 Å². The predicted octanol–water partition coefficient (Wildman–Crippen LogP) is 4.51. The molecule has 0 N–H and O–H groups in total. The third-order valence-electron chi connectivity index (χ3n) is 8.72. The largest absolute Gasteiger partial charge is 0.493 e. The van der Waals surface area contributed by atoms with Crippen LogP contribution in [0.5, 0.6) is 23.0 Å². The van der Waals surface area contributed by atoms with E-state index < -0.39 is 0 Å². The topological polar surface area (TPSA) is 98.1 Å². The number of carbonyl (C=O) groups is 1. The average Bonchev–Trinajstić information content (AvgIpc) is 3.67. The van der Waals surface area contributed by atoms with Crippen molar-refractivity contribution in [1.29, 1.82) is 0 Å². The summed E-state index contributed by atoms with van der Waals surface area (Å²) in [5.41, 5.74) is 3.78. The molecule has 248 valence electrons. The number of benzene rings is 2. The maximum Gasteiger partial charge on any atom is 0.267 e. The predicted molar refractivity (Wildman–Crippen MR) is 189 cm³/mol. The summed E-state index contributed by atoms with van der Waals surface area (Å²) < 4.78 is 23.8. The fraction of sp³-hybridized carbons (Fsp3) is 0.314. The van der Waals surface area contributed by atoms with Crippen molar-refractivity contribution in [3.63, 3.8) is 0 Å². The van der Waals surface area contributed by atoms with Gasteiger partial charge < -0.3 is 23.8 Å². The molecule has 1 amide bonds. The molecule has 48 heavy (non-hydrogen) atoms. The van der Waals surface area contributed by atoms with Crippen LogP contribution in [0, 0.1) is 6.92 Å². The fourth-order valence-corrected chi connectivity index (χ4v) is 7.42. The van der Waals surface area contributed by atoms with Crippen molar-refractivity contribution in [2.45, 2.75) is 19.9 Å². The monoisotopic (exact) mass is 685 g/mol. The number of rotatable bonds is 9. The van der Waals surface area contributed by atoms with E-state index in [4.69, 9.17) is 36.1 Å². The van der Waals surface area contributed by atoms with Gasteiger partial charge in [-0.3, -0.25) is 23.8 Å². The number of anilines is 1. The lowest BCUT2D eigenvalue weighted by molar-refractivity contribution is -0.122. The highest BCUT2D eigenvalue weighted by Gasteiger charge is 2.33. The number of nitrogens with zero attached hydrogens (tertiary/aromatic N) is 5. The van der Waals surface area contributed by atoms with Gasteiger partial charge in [-0.05, 0) is 66.4 Å². The number of hydrogen-bond donors (Lipinski definition) is 0. The number of thiocarbonyl (C=S) groups is 1. The first-order chi connectivity index (χ1) is 23.3. The minimum absolute atomic E-state index is 0.223. The summed E-state index contributed by atoms with van der Waals surface area (Å²) >= 11 is 6.86. The van der Waals surface area contributed by atoms with Gasteiger partial charge in [0, 0.05) is 45.5 Å². The van der Waals surface area contributed by atoms with Gasteiger partial charge in [-0.2, -0.15) is 0 Å². The van der Waals surface area contributed by atoms with Gasteiger partial charge in [0.1, 0.15) is 15.8 Å². The number of amides is 1. The molecular weight excluding hydrogens is 651 g/mol. The number of piperazine rings is 1. The maximum atomic E-state index is 14.1. The molecule has 13 heteroatoms. The summed E-state index contributed by atoms with van der Waals surface area (Å²) in [4.78, 5) is 39.2. The van der Waals surface area contributed by atoms with E-state index in [0.717, 1.165) is 47.8 Å². The van der Waals surface area contributed by atoms with Crippen molar-refractivity contribution in [1.82, 2.24) is 19.2 Å². The number of methoxy groups -OCH3 is 2. The Bertz CT molecular complexity index is 2010. The molecule has 0 radical (unpaired) electrons. The van der Waals surface area contributed by atoms with Crippen LogP contribution in [0.2, 0.25) is 0 Å². The van der Waals surface area contributed by atoms with Crippen molar-refractivity contribution >= 4 is 51.7 Å². The van der Waals surface area contributed by atoms with Crippen LogP contribution in [0.3, 0.4) is 0 Å². The lowest BCUT2D eigenvalue weighted by atomic mass is 10.1. The Morgan fingerprint density at radius 2 is 1.71 bits per heavy atom. The lowest BCUT2D eigenvalue weighted by Gasteiger charge is -2.36. The van der Waals surface area contributed by atoms with Crippen molar-refractivity contribution in [3.05, 3.63) is 92.2 Å². The molecule has 0 unspecified atom stereocenters. The van der Waals surface area contributed by atoms with Crippen molar-refractivity contribution in [3.8, 4) is 23.0 Å². The molecule has 2 fully saturated rings. The van der Waals surface area contributed by atoms with Crippen LogP contribution < -0.4 is 29.4 Å². The van der Waals surface area contributed by atoms with Crippen LogP contribution in [0.1, 0.15) is 22.3 Å². The molecule has 7 rings (SSSR count). The molecule has 2 aromatic carbocycles. The molecule has 5 heterocycles. The summed E-state index contributed by atoms with van der Waals surface area (Å²) in [6.07, 6.45) is 4.03. The molecular formula is C35H35N5O6S2. The SMILES string of the molecule is COc1ccc(CCN2C(=O)C(=Cc3c(N4CCN(Cc5ccc6c(c5)OCO6)CC4)nc4ccc(C)cn4c3=O)SC2=S)cc1OC. The molecule has 11 nitrogen and oxygen atoms in total. The second kappa shape index (κ2) is 13.5. The number of hydrogen-bond acceptors (Lipinski definition) is 11. The normalized spacial score (nSPS) is 17.2. The number of thioether (sulfide) groups is 1. The molecule has 3 aliphatic heterocycles. The van der Waals surface area contributed by atoms with Crippen LogP contribution in [0.4, 0.5) is 5.82 Å². The Balaban J connectivity index is 1.12. The molecule has 2 saturated heterocycles. The zero-order valence-corrected chi connectivity index (χ0v) is 28.6. The van der Waals surface area contributed by atoms with E-state index in [1.807, 2.05) is 49.4 Å². The van der Waals surface area contributed by atoms with Crippen molar-refractivity contribution in [2.75, 3.05) is 58.6 Å². The van der Waals surface area contributed by atoms with Crippen molar-refractivity contribution < 1.29 is 23.7 Å². The first-order valence-corrected chi connectivity index (χ1v) is 16.9. The van der Waals surface area contributed by atoms with Gasteiger partial charge in [-0.25, -0.2) is 4.98 Å². The standard InChI is InChI=1S/C35H35N5O6S2/c1-22-4-9-31-36-32(38-14-12-37(13-15-38)20-24-6-8-27-29(17-24)46-21-45-27)25(33(41)40(31)19-22)18-30-34(42)39(35(47)48-30)11-10-23-5-7-26(43-2)28(16-23)44-3/h4-9,16-19H,10-15,20-21H2,1-3H3. The second-order valence-corrected chi connectivity index (χ2v) is 13.5. The zero-order valence-electron chi connectivity index (χ0n) is 26.9. The van der Waals surface area contributed by atoms with Gasteiger partial charge in [-0.1, -0.05) is 42.2 Å². The number of aromatic nitrogens is 2. The number of carbonyl (C=O) groups excluding carboxylic acids is 1. The highest BCUT2D eigenvalue weighted by Crippen LogP contribution is 2.35. The maximum absolute atomic E-state index is 14.1. The number of ether oxygens (including phenoxy) is 4. The van der Waals surface area contributed by atoms with Gasteiger partial charge in [0.05, 0.1) is 24.7 Å². The van der Waals surface area contributed by atoms with E-state index in [-0.39, 0.29) is 18.3 Å². The van der Waals surface area contributed by atoms with E-state index in [0.29, 0.717) is 63.8 Å². The fourth-order valence-electron chi connectivity index (χ4n) is 6.13. The quantitative estimate of drug-likeness (QED) is 0.184. The van der Waals surface area contributed by atoms with E-state index in [2.05, 4.69) is 15.9 Å². The average molecular weight is 686 g/mol. The molecule has 0 bridgehead atoms. The van der Waals surface area contributed by atoms with Gasteiger partial charge in [0.25, 0.3) is 11.5 Å². The van der Waals surface area contributed by atoms with Gasteiger partial charge >= 0.3 is 0 Å². The number of aryl methyl sites for hydroxylation is 1. The molecule has 4 aromatic rings. The molecule has 0 atom stereocenters. The first kappa shape index (κ1) is 32.0. The van der Waals surface area contributed by atoms with Gasteiger partial charge in [-0.15, -0.1) is 0 Å². The Morgan fingerprint density at radius 3 is 2.50 bits per heavy atom. The van der Waals surface area contributed by atoms with E-state index in [1.165, 1.54) is 11.8 Å². The van der Waals surface area contributed by atoms with Crippen LogP contribution in [-0.2, 0) is 17.8 Å². The number of fused-ring (bicyclic) bond motifs is 2. The van der Waals surface area contributed by atoms with Crippen molar-refractivity contribution in [2.24, 2.45) is 0 Å². The summed E-state index contributed by atoms with van der Waals surface area (Å²) in [5, 5.41) is 0. The molecule has 2 aromatic heterocycles. The molecule has 0 aliphatic carbocycles. The number of pyridine rings is 1. The lowest BCUT2D eigenvalue weighted by Crippen LogP contribution is -2.47. The third-order valence-corrected chi connectivity index (χ3v) is 10.1. The zero-order chi connectivity index (χ0) is 33.4. The van der Waals surface area contributed by atoms with Crippen LogP contribution >= 0.6 is 24.0 Å². The first-order valence-electron chi connectivity index (χ1n) is 15.7. The Kier molecular flexibility index (Phi) is 8.99. The van der Waals surface area contributed by atoms with Crippen LogP contribution in [-0.4, -0.2) is 83.1 Å². The van der Waals surface area contributed by atoms with E-state index in [9.17, 15) is 9.59 Å². The summed E-state index contributed by atoms with van der Waals surface area (Å²) in [7, 11) is 3.19. The highest BCUT2D eigenvalue weighted by atomic mass is 32.2. The minimum atomic E-state index is -0.225. The second-order valence-electron chi connectivity index (χ2n) is 11.8. The third kappa shape index (κ3) is 6.32. The Morgan fingerprint density at radius 1 is 0.938 bits per heavy atom. The molecule has 3 aliphatic rings. The van der Waals surface area contributed by atoms with Crippen LogP contribution in [0.15, 0.2) is 64.4 Å². The van der Waals surface area contributed by atoms with E-state index >= 15 is 0 Å². The Hall–Kier alpha value is -4.59.